The smallest absolute Gasteiger partial charge is 0.244 e. The Morgan fingerprint density at radius 3 is 3.00 bits per heavy atom. The highest BCUT2D eigenvalue weighted by Gasteiger charge is 2.05. The van der Waals surface area contributed by atoms with Crippen LogP contribution in [-0.2, 0) is 11.2 Å². The second kappa shape index (κ2) is 9.50. The standard InChI is InChI=1S/C18H24N4O2/c1-3-14(2)24-16-8-5-4-7-15(16)10-11-18(23)19-12-6-9-17-20-13-21-22-17/h4-5,7-8,10-11,13-14H,3,6,9,12H2,1-2H3,(H,19,23)(H,20,21,22)/b11-10+/t14-/m0/s1. The van der Waals surface area contributed by atoms with Crippen molar-refractivity contribution >= 4 is 12.0 Å². The minimum atomic E-state index is -0.120. The predicted molar refractivity (Wildman–Crippen MR) is 93.6 cm³/mol. The summed E-state index contributed by atoms with van der Waals surface area (Å²) < 4.78 is 5.87. The second-order valence-electron chi connectivity index (χ2n) is 5.53. The van der Waals surface area contributed by atoms with Crippen molar-refractivity contribution in [3.8, 4) is 5.75 Å². The quantitative estimate of drug-likeness (QED) is 0.548. The number of nitrogens with zero attached hydrogens (tertiary/aromatic N) is 2. The number of aromatic nitrogens is 3. The maximum absolute atomic E-state index is 11.9. The molecular weight excluding hydrogens is 304 g/mol. The number of para-hydroxylation sites is 1. The first kappa shape index (κ1) is 17.7. The van der Waals surface area contributed by atoms with E-state index in [2.05, 4.69) is 27.4 Å². The zero-order chi connectivity index (χ0) is 17.2. The Labute approximate surface area is 142 Å². The van der Waals surface area contributed by atoms with E-state index in [1.54, 1.807) is 6.08 Å². The molecule has 128 valence electrons. The van der Waals surface area contributed by atoms with Gasteiger partial charge in [0.1, 0.15) is 17.9 Å². The lowest BCUT2D eigenvalue weighted by atomic mass is 10.2. The van der Waals surface area contributed by atoms with Gasteiger partial charge in [0.2, 0.25) is 5.91 Å². The molecule has 24 heavy (non-hydrogen) atoms. The Morgan fingerprint density at radius 2 is 2.25 bits per heavy atom. The van der Waals surface area contributed by atoms with Crippen LogP contribution in [0.2, 0.25) is 0 Å². The van der Waals surface area contributed by atoms with E-state index in [1.165, 1.54) is 12.4 Å². The number of rotatable bonds is 9. The number of hydrogen-bond donors (Lipinski definition) is 2. The molecule has 1 aromatic heterocycles. The van der Waals surface area contributed by atoms with E-state index in [9.17, 15) is 4.79 Å². The van der Waals surface area contributed by atoms with Crippen LogP contribution in [0.1, 0.15) is 38.1 Å². The summed E-state index contributed by atoms with van der Waals surface area (Å²) in [5, 5.41) is 9.44. The first-order valence-electron chi connectivity index (χ1n) is 8.25. The van der Waals surface area contributed by atoms with Crippen molar-refractivity contribution in [2.45, 2.75) is 39.2 Å². The highest BCUT2D eigenvalue weighted by atomic mass is 16.5. The molecule has 1 heterocycles. The molecular formula is C18H24N4O2. The van der Waals surface area contributed by atoms with Crippen LogP contribution < -0.4 is 10.1 Å². The van der Waals surface area contributed by atoms with E-state index in [0.29, 0.717) is 6.54 Å². The lowest BCUT2D eigenvalue weighted by Crippen LogP contribution is -2.22. The van der Waals surface area contributed by atoms with E-state index in [0.717, 1.165) is 36.4 Å². The largest absolute Gasteiger partial charge is 0.490 e. The van der Waals surface area contributed by atoms with Gasteiger partial charge in [-0.05, 0) is 31.9 Å². The van der Waals surface area contributed by atoms with Crippen LogP contribution >= 0.6 is 0 Å². The maximum Gasteiger partial charge on any atom is 0.244 e. The minimum Gasteiger partial charge on any atom is -0.490 e. The minimum absolute atomic E-state index is 0.120. The van der Waals surface area contributed by atoms with Crippen LogP contribution in [-0.4, -0.2) is 33.7 Å². The summed E-state index contributed by atoms with van der Waals surface area (Å²) in [5.74, 6) is 1.50. The van der Waals surface area contributed by atoms with Crippen molar-refractivity contribution in [3.63, 3.8) is 0 Å². The first-order chi connectivity index (χ1) is 11.7. The molecule has 6 nitrogen and oxygen atoms in total. The molecule has 1 atom stereocenters. The summed E-state index contributed by atoms with van der Waals surface area (Å²) in [4.78, 5) is 15.9. The fourth-order valence-corrected chi connectivity index (χ4v) is 2.07. The van der Waals surface area contributed by atoms with Gasteiger partial charge in [0.15, 0.2) is 0 Å². The summed E-state index contributed by atoms with van der Waals surface area (Å²) in [6, 6.07) is 7.71. The predicted octanol–water partition coefficient (Wildman–Crippen LogP) is 2.74. The zero-order valence-corrected chi connectivity index (χ0v) is 14.2. The Kier molecular flexibility index (Phi) is 7.01. The summed E-state index contributed by atoms with van der Waals surface area (Å²) in [6.07, 6.45) is 7.44. The van der Waals surface area contributed by atoms with Crippen molar-refractivity contribution in [3.05, 3.63) is 48.1 Å². The number of carbonyl (C=O) groups is 1. The average molecular weight is 328 g/mol. The third kappa shape index (κ3) is 5.87. The first-order valence-corrected chi connectivity index (χ1v) is 8.25. The number of carbonyl (C=O) groups excluding carboxylic acids is 1. The van der Waals surface area contributed by atoms with Crippen molar-refractivity contribution in [1.82, 2.24) is 20.5 Å². The van der Waals surface area contributed by atoms with E-state index in [1.807, 2.05) is 31.2 Å². The summed E-state index contributed by atoms with van der Waals surface area (Å²) in [6.45, 7) is 4.70. The average Bonchev–Trinajstić information content (AvgIpc) is 3.11. The van der Waals surface area contributed by atoms with Gasteiger partial charge in [-0.3, -0.25) is 9.89 Å². The van der Waals surface area contributed by atoms with Gasteiger partial charge in [0, 0.05) is 24.6 Å². The van der Waals surface area contributed by atoms with Crippen LogP contribution in [0.5, 0.6) is 5.75 Å². The van der Waals surface area contributed by atoms with E-state index in [4.69, 9.17) is 4.74 Å². The Morgan fingerprint density at radius 1 is 1.42 bits per heavy atom. The van der Waals surface area contributed by atoms with Gasteiger partial charge in [-0.2, -0.15) is 5.10 Å². The molecule has 0 unspecified atom stereocenters. The number of H-pyrrole nitrogens is 1. The van der Waals surface area contributed by atoms with Gasteiger partial charge in [-0.25, -0.2) is 4.98 Å². The molecule has 1 amide bonds. The lowest BCUT2D eigenvalue weighted by molar-refractivity contribution is -0.116. The highest BCUT2D eigenvalue weighted by molar-refractivity contribution is 5.92. The lowest BCUT2D eigenvalue weighted by Gasteiger charge is -2.14. The number of ether oxygens (including phenoxy) is 1. The number of amides is 1. The Balaban J connectivity index is 1.80. The molecule has 2 aromatic rings. The zero-order valence-electron chi connectivity index (χ0n) is 14.2. The molecule has 0 saturated heterocycles. The fourth-order valence-electron chi connectivity index (χ4n) is 2.07. The summed E-state index contributed by atoms with van der Waals surface area (Å²) >= 11 is 0. The molecule has 0 spiro atoms. The number of benzene rings is 1. The highest BCUT2D eigenvalue weighted by Crippen LogP contribution is 2.21. The van der Waals surface area contributed by atoms with E-state index in [-0.39, 0.29) is 12.0 Å². The van der Waals surface area contributed by atoms with Gasteiger partial charge in [0.05, 0.1) is 6.10 Å². The normalized spacial score (nSPS) is 12.2. The molecule has 0 bridgehead atoms. The van der Waals surface area contributed by atoms with Gasteiger partial charge in [0.25, 0.3) is 0 Å². The fraction of sp³-hybridized carbons (Fsp3) is 0.389. The second-order valence-corrected chi connectivity index (χ2v) is 5.53. The molecule has 1 aromatic carbocycles. The molecule has 0 aliphatic heterocycles. The number of aryl methyl sites for hydroxylation is 1. The third-order valence-electron chi connectivity index (χ3n) is 3.59. The van der Waals surface area contributed by atoms with E-state index >= 15 is 0 Å². The van der Waals surface area contributed by atoms with Gasteiger partial charge in [-0.1, -0.05) is 25.1 Å². The topological polar surface area (TPSA) is 79.9 Å². The SMILES string of the molecule is CC[C@H](C)Oc1ccccc1/C=C/C(=O)NCCCc1ncn[nH]1. The Hall–Kier alpha value is -2.63. The number of hydrogen-bond acceptors (Lipinski definition) is 4. The molecule has 6 heteroatoms. The van der Waals surface area contributed by atoms with Crippen LogP contribution in [0, 0.1) is 0 Å². The van der Waals surface area contributed by atoms with E-state index < -0.39 is 0 Å². The third-order valence-corrected chi connectivity index (χ3v) is 3.59. The van der Waals surface area contributed by atoms with Gasteiger partial charge in [-0.15, -0.1) is 0 Å². The summed E-state index contributed by atoms with van der Waals surface area (Å²) in [7, 11) is 0. The van der Waals surface area contributed by atoms with Crippen molar-refractivity contribution in [1.29, 1.82) is 0 Å². The van der Waals surface area contributed by atoms with Crippen LogP contribution in [0.15, 0.2) is 36.7 Å². The van der Waals surface area contributed by atoms with Crippen molar-refractivity contribution in [2.75, 3.05) is 6.54 Å². The van der Waals surface area contributed by atoms with Crippen LogP contribution in [0.25, 0.3) is 6.08 Å². The molecule has 0 saturated carbocycles. The molecule has 0 fully saturated rings. The number of aromatic amines is 1. The molecule has 2 N–H and O–H groups in total. The van der Waals surface area contributed by atoms with Crippen molar-refractivity contribution < 1.29 is 9.53 Å². The Bertz CT molecular complexity index is 653. The van der Waals surface area contributed by atoms with Crippen LogP contribution in [0.3, 0.4) is 0 Å². The van der Waals surface area contributed by atoms with Gasteiger partial charge < -0.3 is 10.1 Å². The molecule has 0 aliphatic carbocycles. The van der Waals surface area contributed by atoms with Crippen LogP contribution in [0.4, 0.5) is 0 Å². The monoisotopic (exact) mass is 328 g/mol. The van der Waals surface area contributed by atoms with Gasteiger partial charge >= 0.3 is 0 Å². The molecule has 0 aliphatic rings. The maximum atomic E-state index is 11.9. The number of nitrogens with one attached hydrogen (secondary N) is 2. The molecule has 2 rings (SSSR count). The summed E-state index contributed by atoms with van der Waals surface area (Å²) in [5.41, 5.74) is 0.898. The molecule has 0 radical (unpaired) electrons. The van der Waals surface area contributed by atoms with Crippen molar-refractivity contribution in [2.24, 2.45) is 0 Å².